The fourth-order valence-electron chi connectivity index (χ4n) is 6.43. The molecule has 2 heteroatoms. The molecule has 7 aromatic carbocycles. The van der Waals surface area contributed by atoms with Crippen molar-refractivity contribution in [2.24, 2.45) is 0 Å². The second-order valence-corrected chi connectivity index (χ2v) is 11.6. The average Bonchev–Trinajstić information content (AvgIpc) is 3.58. The number of thiophene rings is 1. The molecule has 0 aliphatic carbocycles. The van der Waals surface area contributed by atoms with Crippen molar-refractivity contribution in [1.29, 1.82) is 0 Å². The molecule has 0 aliphatic heterocycles. The van der Waals surface area contributed by atoms with Crippen LogP contribution < -0.4 is 0 Å². The van der Waals surface area contributed by atoms with E-state index in [4.69, 9.17) is 4.42 Å². The largest absolute Gasteiger partial charge is 0.456 e. The van der Waals surface area contributed by atoms with Crippen LogP contribution in [0.25, 0.3) is 85.9 Å². The highest BCUT2D eigenvalue weighted by Crippen LogP contribution is 2.46. The Hall–Kier alpha value is -4.92. The van der Waals surface area contributed by atoms with Crippen LogP contribution in [0, 0.1) is 0 Å². The normalized spacial score (nSPS) is 12.0. The van der Waals surface area contributed by atoms with Crippen molar-refractivity contribution in [2.45, 2.75) is 0 Å². The lowest BCUT2D eigenvalue weighted by Gasteiger charge is -2.16. The van der Waals surface area contributed by atoms with Gasteiger partial charge in [-0.1, -0.05) is 103 Å². The molecular weight excluding hydrogens is 504 g/mol. The van der Waals surface area contributed by atoms with Crippen LogP contribution in [-0.2, 0) is 0 Å². The Balaban J connectivity index is 1.35. The number of hydrogen-bond acceptors (Lipinski definition) is 2. The molecule has 186 valence electrons. The van der Waals surface area contributed by atoms with E-state index in [0.29, 0.717) is 0 Å². The first-order valence-electron chi connectivity index (χ1n) is 13.6. The lowest BCUT2D eigenvalue weighted by molar-refractivity contribution is 0.633. The highest BCUT2D eigenvalue weighted by Gasteiger charge is 2.19. The highest BCUT2D eigenvalue weighted by atomic mass is 32.1. The average molecular weight is 527 g/mol. The van der Waals surface area contributed by atoms with Crippen molar-refractivity contribution in [3.8, 4) is 22.5 Å². The van der Waals surface area contributed by atoms with Gasteiger partial charge in [-0.25, -0.2) is 0 Å². The van der Waals surface area contributed by atoms with Crippen LogP contribution in [-0.4, -0.2) is 0 Å². The number of rotatable bonds is 2. The Bertz CT molecular complexity index is 2380. The molecule has 2 aromatic heterocycles. The van der Waals surface area contributed by atoms with Gasteiger partial charge >= 0.3 is 0 Å². The third-order valence-corrected chi connectivity index (χ3v) is 9.37. The standard InChI is InChI=1S/C38H22OS/c1-2-10-24-19-25(18-17-23(24)9-1)37-28-12-3-5-14-30(28)38(31-15-6-4-13-29(31)37)34-20-26-21-36-32(22-33(26)39-34)27-11-7-8-16-35(27)40-36/h1-22H. The summed E-state index contributed by atoms with van der Waals surface area (Å²) in [7, 11) is 0. The summed E-state index contributed by atoms with van der Waals surface area (Å²) in [6, 6.07) is 48.3. The lowest BCUT2D eigenvalue weighted by Crippen LogP contribution is -1.90. The third kappa shape index (κ3) is 3.14. The number of furan rings is 1. The van der Waals surface area contributed by atoms with Crippen molar-refractivity contribution >= 4 is 74.8 Å². The molecule has 0 bridgehead atoms. The lowest BCUT2D eigenvalue weighted by atomic mass is 9.87. The molecule has 0 aliphatic rings. The van der Waals surface area contributed by atoms with E-state index in [9.17, 15) is 0 Å². The minimum absolute atomic E-state index is 0.912. The van der Waals surface area contributed by atoms with Crippen LogP contribution in [0.1, 0.15) is 0 Å². The molecule has 9 rings (SSSR count). The molecule has 0 N–H and O–H groups in total. The van der Waals surface area contributed by atoms with Gasteiger partial charge in [-0.3, -0.25) is 0 Å². The molecule has 2 heterocycles. The van der Waals surface area contributed by atoms with Gasteiger partial charge in [0.2, 0.25) is 0 Å². The van der Waals surface area contributed by atoms with Crippen molar-refractivity contribution in [2.75, 3.05) is 0 Å². The smallest absolute Gasteiger partial charge is 0.136 e. The van der Waals surface area contributed by atoms with E-state index in [2.05, 4.69) is 133 Å². The van der Waals surface area contributed by atoms with Gasteiger partial charge in [0.15, 0.2) is 0 Å². The summed E-state index contributed by atoms with van der Waals surface area (Å²) in [6.07, 6.45) is 0. The summed E-state index contributed by atoms with van der Waals surface area (Å²) >= 11 is 1.85. The van der Waals surface area contributed by atoms with E-state index in [1.165, 1.54) is 63.6 Å². The van der Waals surface area contributed by atoms with Gasteiger partial charge in [0.25, 0.3) is 0 Å². The number of benzene rings is 7. The van der Waals surface area contributed by atoms with Gasteiger partial charge < -0.3 is 4.42 Å². The van der Waals surface area contributed by atoms with E-state index in [-0.39, 0.29) is 0 Å². The summed E-state index contributed by atoms with van der Waals surface area (Å²) < 4.78 is 9.31. The van der Waals surface area contributed by atoms with Crippen LogP contribution in [0.3, 0.4) is 0 Å². The zero-order valence-electron chi connectivity index (χ0n) is 21.5. The molecular formula is C38H22OS. The zero-order valence-corrected chi connectivity index (χ0v) is 22.3. The Morgan fingerprint density at radius 2 is 1.02 bits per heavy atom. The molecule has 0 radical (unpaired) electrons. The minimum atomic E-state index is 0.912. The van der Waals surface area contributed by atoms with Crippen molar-refractivity contribution in [3.63, 3.8) is 0 Å². The highest BCUT2D eigenvalue weighted by molar-refractivity contribution is 7.25. The number of fused-ring (bicyclic) bond motifs is 7. The summed E-state index contributed by atoms with van der Waals surface area (Å²) in [5, 5.41) is 11.1. The minimum Gasteiger partial charge on any atom is -0.456 e. The maximum Gasteiger partial charge on any atom is 0.136 e. The molecule has 9 aromatic rings. The first kappa shape index (κ1) is 22.0. The van der Waals surface area contributed by atoms with Crippen LogP contribution >= 0.6 is 11.3 Å². The fourth-order valence-corrected chi connectivity index (χ4v) is 7.57. The van der Waals surface area contributed by atoms with Gasteiger partial charge in [0.05, 0.1) is 0 Å². The summed E-state index contributed by atoms with van der Waals surface area (Å²) in [5.41, 5.74) is 4.58. The second kappa shape index (κ2) is 8.29. The quantitative estimate of drug-likeness (QED) is 0.204. The first-order chi connectivity index (χ1) is 19.8. The van der Waals surface area contributed by atoms with Crippen molar-refractivity contribution in [3.05, 3.63) is 133 Å². The van der Waals surface area contributed by atoms with Crippen LogP contribution in [0.15, 0.2) is 138 Å². The van der Waals surface area contributed by atoms with Crippen molar-refractivity contribution in [1.82, 2.24) is 0 Å². The Kier molecular flexibility index (Phi) is 4.55. The topological polar surface area (TPSA) is 13.1 Å². The molecule has 40 heavy (non-hydrogen) atoms. The molecule has 1 nitrogen and oxygen atoms in total. The van der Waals surface area contributed by atoms with Gasteiger partial charge in [-0.05, 0) is 73.8 Å². The molecule has 0 unspecified atom stereocenters. The maximum atomic E-state index is 6.70. The predicted molar refractivity (Wildman–Crippen MR) is 172 cm³/mol. The second-order valence-electron chi connectivity index (χ2n) is 10.5. The van der Waals surface area contributed by atoms with E-state index >= 15 is 0 Å². The van der Waals surface area contributed by atoms with Crippen LogP contribution in [0.5, 0.6) is 0 Å². The monoisotopic (exact) mass is 526 g/mol. The molecule has 0 saturated heterocycles. The zero-order chi connectivity index (χ0) is 26.2. The molecule has 0 amide bonds. The van der Waals surface area contributed by atoms with E-state index < -0.39 is 0 Å². The first-order valence-corrected chi connectivity index (χ1v) is 14.4. The summed E-state index contributed by atoms with van der Waals surface area (Å²) in [6.45, 7) is 0. The Morgan fingerprint density at radius 3 is 1.77 bits per heavy atom. The van der Waals surface area contributed by atoms with E-state index in [0.717, 1.165) is 22.3 Å². The van der Waals surface area contributed by atoms with Crippen LogP contribution in [0.2, 0.25) is 0 Å². The van der Waals surface area contributed by atoms with Crippen molar-refractivity contribution < 1.29 is 4.42 Å². The SMILES string of the molecule is c1ccc2cc(-c3c4ccccc4c(-c4cc5cc6sc7ccccc7c6cc5o4)c4ccccc34)ccc2c1. The van der Waals surface area contributed by atoms with Gasteiger partial charge in [0.1, 0.15) is 11.3 Å². The Labute approximate surface area is 234 Å². The van der Waals surface area contributed by atoms with Gasteiger partial charge in [-0.15, -0.1) is 11.3 Å². The molecule has 0 spiro atoms. The molecule has 0 fully saturated rings. The van der Waals surface area contributed by atoms with Gasteiger partial charge in [-0.2, -0.15) is 0 Å². The molecule has 0 saturated carbocycles. The summed E-state index contributed by atoms with van der Waals surface area (Å²) in [5.74, 6) is 0.912. The number of hydrogen-bond donors (Lipinski definition) is 0. The Morgan fingerprint density at radius 1 is 0.400 bits per heavy atom. The van der Waals surface area contributed by atoms with Gasteiger partial charge in [0, 0.05) is 31.1 Å². The van der Waals surface area contributed by atoms with E-state index in [1.54, 1.807) is 0 Å². The maximum absolute atomic E-state index is 6.70. The fraction of sp³-hybridized carbons (Fsp3) is 0. The molecule has 0 atom stereocenters. The third-order valence-electron chi connectivity index (χ3n) is 8.23. The summed E-state index contributed by atoms with van der Waals surface area (Å²) in [4.78, 5) is 0. The predicted octanol–water partition coefficient (Wildman–Crippen LogP) is 11.6. The van der Waals surface area contributed by atoms with E-state index in [1.807, 2.05) is 11.3 Å². The van der Waals surface area contributed by atoms with Crippen LogP contribution in [0.4, 0.5) is 0 Å².